The Hall–Kier alpha value is -4.36. The monoisotopic (exact) mass is 641 g/mol. The van der Waals surface area contributed by atoms with Crippen LogP contribution in [-0.4, -0.2) is 12.1 Å². The summed E-state index contributed by atoms with van der Waals surface area (Å²) >= 11 is 0. The number of allylic oxidation sites excluding steroid dienone is 1. The van der Waals surface area contributed by atoms with E-state index in [-0.39, 0.29) is 0 Å². The summed E-state index contributed by atoms with van der Waals surface area (Å²) in [6, 6.07) is 53.1. The molecule has 8 rings (SSSR count). The number of anilines is 1. The van der Waals surface area contributed by atoms with Gasteiger partial charge < -0.3 is 4.90 Å². The summed E-state index contributed by atoms with van der Waals surface area (Å²) in [5.41, 5.74) is 9.67. The van der Waals surface area contributed by atoms with Crippen molar-refractivity contribution < 1.29 is 0 Å². The highest BCUT2D eigenvalue weighted by Crippen LogP contribution is 2.47. The molecule has 3 aliphatic carbocycles. The summed E-state index contributed by atoms with van der Waals surface area (Å²) < 4.78 is 0. The number of nitrogens with zero attached hydrogens (tertiary/aromatic N) is 1. The van der Waals surface area contributed by atoms with Gasteiger partial charge in [-0.2, -0.15) is 0 Å². The fraction of sp³-hybridized carbons (Fsp3) is 0.333. The first-order valence-electron chi connectivity index (χ1n) is 19.1. The zero-order valence-electron chi connectivity index (χ0n) is 28.9. The average molecular weight is 642 g/mol. The molecule has 49 heavy (non-hydrogen) atoms. The molecule has 2 saturated carbocycles. The van der Waals surface area contributed by atoms with Crippen molar-refractivity contribution in [3.05, 3.63) is 163 Å². The summed E-state index contributed by atoms with van der Waals surface area (Å²) in [5, 5.41) is 0. The van der Waals surface area contributed by atoms with Crippen LogP contribution >= 0.6 is 0 Å². The standard InChI is InChI=1S/C48H51N/c1-5-14-36(15-6-1)39-24-28-44(29-25-39)49(45-30-26-40(27-31-45)37-16-7-2-8-17-37)46-32-33-47(41-20-11-4-12-21-41)48(35-46)43-23-13-22-42(34-43)38-18-9-3-10-19-38/h1-3,5-10,13-19,22-25,28-29,32-34,40-41,45-48H,4,11-12,20-21,26-27,30-31,35H2. The molecule has 0 amide bonds. The van der Waals surface area contributed by atoms with Gasteiger partial charge in [-0.3, -0.25) is 0 Å². The second-order valence-electron chi connectivity index (χ2n) is 15.0. The van der Waals surface area contributed by atoms with Crippen LogP contribution in [0, 0.1) is 11.8 Å². The Morgan fingerprint density at radius 3 is 1.69 bits per heavy atom. The molecule has 5 aromatic rings. The summed E-state index contributed by atoms with van der Waals surface area (Å²) in [6.45, 7) is 0. The van der Waals surface area contributed by atoms with Gasteiger partial charge in [0.15, 0.2) is 0 Å². The van der Waals surface area contributed by atoms with Gasteiger partial charge in [-0.15, -0.1) is 0 Å². The number of rotatable bonds is 8. The molecule has 0 bridgehead atoms. The predicted molar refractivity (Wildman–Crippen MR) is 208 cm³/mol. The molecule has 0 aliphatic heterocycles. The van der Waals surface area contributed by atoms with Gasteiger partial charge in [0.25, 0.3) is 0 Å². The second-order valence-corrected chi connectivity index (χ2v) is 15.0. The maximum Gasteiger partial charge on any atom is 0.0482 e. The molecule has 1 heteroatoms. The van der Waals surface area contributed by atoms with Crippen molar-refractivity contribution in [2.24, 2.45) is 11.8 Å². The highest BCUT2D eigenvalue weighted by atomic mass is 15.2. The van der Waals surface area contributed by atoms with Gasteiger partial charge in [0, 0.05) is 17.8 Å². The van der Waals surface area contributed by atoms with Crippen LogP contribution < -0.4 is 4.90 Å². The predicted octanol–water partition coefficient (Wildman–Crippen LogP) is 12.9. The largest absolute Gasteiger partial charge is 0.362 e. The van der Waals surface area contributed by atoms with E-state index in [1.54, 1.807) is 0 Å². The Bertz CT molecular complexity index is 1780. The molecule has 0 N–H and O–H groups in total. The summed E-state index contributed by atoms with van der Waals surface area (Å²) in [5.74, 6) is 2.59. The minimum absolute atomic E-state index is 0.381. The lowest BCUT2D eigenvalue weighted by molar-refractivity contribution is 0.234. The number of benzene rings is 5. The molecule has 0 radical (unpaired) electrons. The highest BCUT2D eigenvalue weighted by Gasteiger charge is 2.38. The lowest BCUT2D eigenvalue weighted by atomic mass is 9.67. The highest BCUT2D eigenvalue weighted by molar-refractivity contribution is 5.67. The van der Waals surface area contributed by atoms with Gasteiger partial charge in [-0.1, -0.05) is 159 Å². The Balaban J connectivity index is 1.13. The zero-order chi connectivity index (χ0) is 32.8. The van der Waals surface area contributed by atoms with Crippen molar-refractivity contribution in [1.82, 2.24) is 0 Å². The van der Waals surface area contributed by atoms with E-state index in [4.69, 9.17) is 0 Å². The van der Waals surface area contributed by atoms with Crippen LogP contribution in [0.3, 0.4) is 0 Å². The van der Waals surface area contributed by atoms with E-state index < -0.39 is 0 Å². The van der Waals surface area contributed by atoms with Gasteiger partial charge in [0.1, 0.15) is 0 Å². The topological polar surface area (TPSA) is 3.24 Å². The maximum atomic E-state index is 2.86. The Morgan fingerprint density at radius 1 is 0.449 bits per heavy atom. The van der Waals surface area contributed by atoms with E-state index in [2.05, 4.69) is 157 Å². The fourth-order valence-corrected chi connectivity index (χ4v) is 9.58. The molecule has 0 saturated heterocycles. The summed E-state index contributed by atoms with van der Waals surface area (Å²) in [4.78, 5) is 2.86. The van der Waals surface area contributed by atoms with Crippen LogP contribution in [0.4, 0.5) is 5.69 Å². The first-order valence-corrected chi connectivity index (χ1v) is 19.1. The third kappa shape index (κ3) is 7.18. The molecule has 1 nitrogen and oxygen atoms in total. The molecule has 0 spiro atoms. The molecule has 5 aromatic carbocycles. The van der Waals surface area contributed by atoms with Crippen molar-refractivity contribution in [3.8, 4) is 22.3 Å². The SMILES string of the molecule is C1=CC(N(c2ccc(-c3ccccc3)cc2)C2CCC(c3ccccc3)CC2)CC(c2cccc(-c3ccccc3)c2)C1C1CCCCC1. The average Bonchev–Trinajstić information content (AvgIpc) is 3.20. The van der Waals surface area contributed by atoms with Gasteiger partial charge in [0.2, 0.25) is 0 Å². The third-order valence-corrected chi connectivity index (χ3v) is 12.1. The Labute approximate surface area is 294 Å². The number of hydrogen-bond acceptors (Lipinski definition) is 1. The molecule has 3 unspecified atom stereocenters. The summed E-state index contributed by atoms with van der Waals surface area (Å²) in [6.07, 6.45) is 18.4. The van der Waals surface area contributed by atoms with E-state index in [1.807, 2.05) is 0 Å². The van der Waals surface area contributed by atoms with Crippen LogP contribution in [0.15, 0.2) is 152 Å². The Morgan fingerprint density at radius 2 is 1.02 bits per heavy atom. The first-order chi connectivity index (χ1) is 24.3. The zero-order valence-corrected chi connectivity index (χ0v) is 28.9. The van der Waals surface area contributed by atoms with Crippen molar-refractivity contribution in [3.63, 3.8) is 0 Å². The quantitative estimate of drug-likeness (QED) is 0.152. The number of hydrogen-bond donors (Lipinski definition) is 0. The molecule has 248 valence electrons. The smallest absolute Gasteiger partial charge is 0.0482 e. The van der Waals surface area contributed by atoms with Crippen LogP contribution in [0.1, 0.15) is 87.2 Å². The van der Waals surface area contributed by atoms with Crippen molar-refractivity contribution in [2.45, 2.75) is 88.1 Å². The van der Waals surface area contributed by atoms with E-state index in [0.717, 1.165) is 5.92 Å². The van der Waals surface area contributed by atoms with E-state index in [9.17, 15) is 0 Å². The normalized spacial score (nSPS) is 24.4. The van der Waals surface area contributed by atoms with Crippen molar-refractivity contribution >= 4 is 5.69 Å². The van der Waals surface area contributed by atoms with Gasteiger partial charge in [-0.25, -0.2) is 0 Å². The fourth-order valence-electron chi connectivity index (χ4n) is 9.58. The first kappa shape index (κ1) is 31.9. The van der Waals surface area contributed by atoms with Crippen LogP contribution in [0.25, 0.3) is 22.3 Å². The molecule has 2 fully saturated rings. The lowest BCUT2D eigenvalue weighted by Gasteiger charge is -2.47. The van der Waals surface area contributed by atoms with E-state index in [0.29, 0.717) is 29.8 Å². The van der Waals surface area contributed by atoms with E-state index in [1.165, 1.54) is 103 Å². The van der Waals surface area contributed by atoms with Crippen molar-refractivity contribution in [1.29, 1.82) is 0 Å². The van der Waals surface area contributed by atoms with Crippen LogP contribution in [-0.2, 0) is 0 Å². The lowest BCUT2D eigenvalue weighted by Crippen LogP contribution is -2.47. The third-order valence-electron chi connectivity index (χ3n) is 12.1. The van der Waals surface area contributed by atoms with Crippen LogP contribution in [0.2, 0.25) is 0 Å². The molecule has 0 heterocycles. The minimum atomic E-state index is 0.381. The molecule has 3 aliphatic rings. The van der Waals surface area contributed by atoms with E-state index >= 15 is 0 Å². The molecule has 0 aromatic heterocycles. The molecular formula is C48H51N. The van der Waals surface area contributed by atoms with Crippen molar-refractivity contribution in [2.75, 3.05) is 4.90 Å². The van der Waals surface area contributed by atoms with Crippen LogP contribution in [0.5, 0.6) is 0 Å². The second kappa shape index (κ2) is 15.0. The minimum Gasteiger partial charge on any atom is -0.362 e. The van der Waals surface area contributed by atoms with Gasteiger partial charge in [-0.05, 0) is 114 Å². The van der Waals surface area contributed by atoms with Gasteiger partial charge in [0.05, 0.1) is 0 Å². The maximum absolute atomic E-state index is 2.86. The summed E-state index contributed by atoms with van der Waals surface area (Å²) in [7, 11) is 0. The Kier molecular flexibility index (Phi) is 9.78. The molecule has 3 atom stereocenters. The molecular weight excluding hydrogens is 591 g/mol. The van der Waals surface area contributed by atoms with Gasteiger partial charge >= 0.3 is 0 Å².